The van der Waals surface area contributed by atoms with Crippen molar-refractivity contribution in [3.05, 3.63) is 28.7 Å². The van der Waals surface area contributed by atoms with Crippen molar-refractivity contribution < 1.29 is 0 Å². The smallest absolute Gasteiger partial charge is 0.191 e. The Balaban J connectivity index is 0.00000441. The number of hydrogen-bond acceptors (Lipinski definition) is 4. The van der Waals surface area contributed by atoms with E-state index in [1.54, 1.807) is 11.3 Å². The molecule has 0 saturated carbocycles. The number of thiazole rings is 1. The predicted octanol–water partition coefficient (Wildman–Crippen LogP) is 3.34. The first-order valence-corrected chi connectivity index (χ1v) is 9.41. The van der Waals surface area contributed by atoms with E-state index in [2.05, 4.69) is 41.0 Å². The van der Waals surface area contributed by atoms with Gasteiger partial charge in [-0.1, -0.05) is 13.0 Å². The Morgan fingerprint density at radius 1 is 1.45 bits per heavy atom. The number of nitrogens with one attached hydrogen (secondary N) is 2. The van der Waals surface area contributed by atoms with Crippen molar-refractivity contribution in [2.75, 3.05) is 31.1 Å². The highest BCUT2D eigenvalue weighted by Gasteiger charge is 2.01. The van der Waals surface area contributed by atoms with E-state index < -0.39 is 0 Å². The van der Waals surface area contributed by atoms with E-state index in [0.717, 1.165) is 49.9 Å². The average Bonchev–Trinajstić information content (AvgIpc) is 2.95. The molecule has 2 N–H and O–H groups in total. The molecule has 22 heavy (non-hydrogen) atoms. The fraction of sp³-hybridized carbons (Fsp3) is 0.600. The summed E-state index contributed by atoms with van der Waals surface area (Å²) in [6.45, 7) is 10.5. The zero-order valence-corrected chi connectivity index (χ0v) is 17.4. The minimum atomic E-state index is 0. The number of halogens is 1. The number of aliphatic imine (C=N–C) groups is 1. The first-order valence-electron chi connectivity index (χ1n) is 7.44. The van der Waals surface area contributed by atoms with Crippen LogP contribution in [-0.4, -0.2) is 42.1 Å². The highest BCUT2D eigenvalue weighted by Crippen LogP contribution is 2.13. The number of nitrogens with zero attached hydrogens (tertiary/aromatic N) is 2. The fourth-order valence-corrected chi connectivity index (χ4v) is 3.06. The lowest BCUT2D eigenvalue weighted by molar-refractivity contribution is 0.800. The van der Waals surface area contributed by atoms with Crippen molar-refractivity contribution in [1.82, 2.24) is 15.6 Å². The van der Waals surface area contributed by atoms with E-state index in [9.17, 15) is 0 Å². The quantitative estimate of drug-likeness (QED) is 0.187. The molecule has 0 aliphatic carbocycles. The molecule has 4 nitrogen and oxygen atoms in total. The van der Waals surface area contributed by atoms with Crippen LogP contribution in [-0.2, 0) is 12.8 Å². The van der Waals surface area contributed by atoms with E-state index in [1.165, 1.54) is 9.88 Å². The van der Waals surface area contributed by atoms with Gasteiger partial charge in [-0.25, -0.2) is 4.98 Å². The molecule has 1 aromatic rings. The third-order valence-electron chi connectivity index (χ3n) is 2.67. The molecular weight excluding hydrogens is 427 g/mol. The number of rotatable bonds is 10. The Labute approximate surface area is 159 Å². The Morgan fingerprint density at radius 3 is 2.91 bits per heavy atom. The molecule has 0 aliphatic rings. The van der Waals surface area contributed by atoms with Gasteiger partial charge in [-0.05, 0) is 13.3 Å². The Bertz CT molecular complexity index is 435. The summed E-state index contributed by atoms with van der Waals surface area (Å²) >= 11 is 3.65. The van der Waals surface area contributed by atoms with Gasteiger partial charge < -0.3 is 10.6 Å². The van der Waals surface area contributed by atoms with Gasteiger partial charge in [-0.3, -0.25) is 4.99 Å². The second-order valence-electron chi connectivity index (χ2n) is 4.37. The summed E-state index contributed by atoms with van der Waals surface area (Å²) in [7, 11) is 0. The molecule has 1 rings (SSSR count). The van der Waals surface area contributed by atoms with E-state index in [1.807, 2.05) is 24.0 Å². The standard InChI is InChI=1S/C15H26N4S2.HI/c1-4-10-20-11-9-18-15(16-6-3)17-8-7-14-19-12-13(5-2)21-14;/h4,12H,1,5-11H2,2-3H3,(H2,16,17,18);1H. The molecule has 7 heteroatoms. The first-order chi connectivity index (χ1) is 10.3. The van der Waals surface area contributed by atoms with Gasteiger partial charge in [0.2, 0.25) is 0 Å². The largest absolute Gasteiger partial charge is 0.357 e. The Morgan fingerprint density at radius 2 is 2.27 bits per heavy atom. The minimum absolute atomic E-state index is 0. The van der Waals surface area contributed by atoms with Crippen molar-refractivity contribution in [2.24, 2.45) is 4.99 Å². The Kier molecular flexibility index (Phi) is 14.1. The predicted molar refractivity (Wildman–Crippen MR) is 112 cm³/mol. The molecular formula is C15H27IN4S2. The summed E-state index contributed by atoms with van der Waals surface area (Å²) in [5, 5.41) is 7.82. The SMILES string of the molecule is C=CCSCCN=C(NCC)NCCc1ncc(CC)s1.I. The van der Waals surface area contributed by atoms with Crippen LogP contribution in [0, 0.1) is 0 Å². The van der Waals surface area contributed by atoms with E-state index in [4.69, 9.17) is 0 Å². The number of hydrogen-bond donors (Lipinski definition) is 2. The first kappa shape index (κ1) is 21.7. The van der Waals surface area contributed by atoms with Gasteiger partial charge in [0.25, 0.3) is 0 Å². The van der Waals surface area contributed by atoms with Gasteiger partial charge in [0, 0.05) is 42.1 Å². The minimum Gasteiger partial charge on any atom is -0.357 e. The highest BCUT2D eigenvalue weighted by molar-refractivity contribution is 14.0. The van der Waals surface area contributed by atoms with Gasteiger partial charge in [0.05, 0.1) is 11.6 Å². The summed E-state index contributed by atoms with van der Waals surface area (Å²) in [6, 6.07) is 0. The van der Waals surface area contributed by atoms with Gasteiger partial charge in [-0.2, -0.15) is 11.8 Å². The molecule has 0 fully saturated rings. The molecule has 0 aromatic carbocycles. The number of aromatic nitrogens is 1. The van der Waals surface area contributed by atoms with Crippen molar-refractivity contribution in [3.63, 3.8) is 0 Å². The van der Waals surface area contributed by atoms with Crippen LogP contribution in [0.25, 0.3) is 0 Å². The topological polar surface area (TPSA) is 49.3 Å². The lowest BCUT2D eigenvalue weighted by Crippen LogP contribution is -2.38. The monoisotopic (exact) mass is 454 g/mol. The molecule has 126 valence electrons. The molecule has 0 saturated heterocycles. The van der Waals surface area contributed by atoms with Crippen LogP contribution < -0.4 is 10.6 Å². The summed E-state index contributed by atoms with van der Waals surface area (Å²) in [5.41, 5.74) is 0. The third kappa shape index (κ3) is 9.68. The van der Waals surface area contributed by atoms with Crippen molar-refractivity contribution in [1.29, 1.82) is 0 Å². The van der Waals surface area contributed by atoms with Crippen molar-refractivity contribution >= 4 is 53.0 Å². The third-order valence-corrected chi connectivity index (χ3v) is 4.81. The van der Waals surface area contributed by atoms with Crippen LogP contribution in [0.3, 0.4) is 0 Å². The van der Waals surface area contributed by atoms with E-state index >= 15 is 0 Å². The van der Waals surface area contributed by atoms with Gasteiger partial charge >= 0.3 is 0 Å². The van der Waals surface area contributed by atoms with Gasteiger partial charge in [-0.15, -0.1) is 41.9 Å². The summed E-state index contributed by atoms with van der Waals surface area (Å²) in [4.78, 5) is 10.3. The molecule has 0 aliphatic heterocycles. The van der Waals surface area contributed by atoms with Crippen LogP contribution in [0.1, 0.15) is 23.7 Å². The zero-order valence-electron chi connectivity index (χ0n) is 13.4. The maximum absolute atomic E-state index is 4.56. The molecule has 0 amide bonds. The van der Waals surface area contributed by atoms with E-state index in [-0.39, 0.29) is 24.0 Å². The molecule has 0 atom stereocenters. The normalized spacial score (nSPS) is 10.9. The highest BCUT2D eigenvalue weighted by atomic mass is 127. The molecule has 0 bridgehead atoms. The second kappa shape index (κ2) is 14.3. The maximum Gasteiger partial charge on any atom is 0.191 e. The summed E-state index contributed by atoms with van der Waals surface area (Å²) in [5.74, 6) is 2.90. The number of guanidine groups is 1. The van der Waals surface area contributed by atoms with Crippen LogP contribution in [0.5, 0.6) is 0 Å². The molecule has 0 spiro atoms. The number of thioether (sulfide) groups is 1. The van der Waals surface area contributed by atoms with Crippen molar-refractivity contribution in [2.45, 2.75) is 26.7 Å². The average molecular weight is 454 g/mol. The fourth-order valence-electron chi connectivity index (χ4n) is 1.65. The van der Waals surface area contributed by atoms with Gasteiger partial charge in [0.1, 0.15) is 0 Å². The Hall–Kier alpha value is -0.280. The molecule has 0 radical (unpaired) electrons. The summed E-state index contributed by atoms with van der Waals surface area (Å²) in [6.07, 6.45) is 5.92. The maximum atomic E-state index is 4.56. The lowest BCUT2D eigenvalue weighted by atomic mass is 10.4. The van der Waals surface area contributed by atoms with Crippen molar-refractivity contribution in [3.8, 4) is 0 Å². The van der Waals surface area contributed by atoms with Crippen LogP contribution >= 0.6 is 47.1 Å². The van der Waals surface area contributed by atoms with Crippen LogP contribution in [0.15, 0.2) is 23.8 Å². The zero-order chi connectivity index (χ0) is 15.3. The summed E-state index contributed by atoms with van der Waals surface area (Å²) < 4.78 is 0. The molecule has 1 heterocycles. The second-order valence-corrected chi connectivity index (χ2v) is 6.72. The van der Waals surface area contributed by atoms with Gasteiger partial charge in [0.15, 0.2) is 5.96 Å². The molecule has 0 unspecified atom stereocenters. The molecule has 1 aromatic heterocycles. The van der Waals surface area contributed by atoms with E-state index in [0.29, 0.717) is 0 Å². The lowest BCUT2D eigenvalue weighted by Gasteiger charge is -2.10. The van der Waals surface area contributed by atoms with Crippen LogP contribution in [0.4, 0.5) is 0 Å². The van der Waals surface area contributed by atoms with Crippen LogP contribution in [0.2, 0.25) is 0 Å². The number of aryl methyl sites for hydroxylation is 1.